The molecule has 7 heteroatoms. The topological polar surface area (TPSA) is 32.3 Å². The van der Waals surface area contributed by atoms with Crippen LogP contribution in [0.4, 0.5) is 14.5 Å². The van der Waals surface area contributed by atoms with E-state index in [2.05, 4.69) is 21.2 Å². The van der Waals surface area contributed by atoms with Gasteiger partial charge in [-0.3, -0.25) is 0 Å². The summed E-state index contributed by atoms with van der Waals surface area (Å²) in [5, 5.41) is 11.4. The van der Waals surface area contributed by atoms with E-state index in [9.17, 15) is 13.9 Å². The molecule has 0 bridgehead atoms. The Morgan fingerprint density at radius 1 is 1.50 bits per heavy atom. The molecule has 1 atom stereocenters. The highest BCUT2D eigenvalue weighted by atomic mass is 79.9. The first-order valence-electron chi connectivity index (χ1n) is 4.28. The molecule has 0 saturated carbocycles. The van der Waals surface area contributed by atoms with Gasteiger partial charge in [0, 0.05) is 6.54 Å². The van der Waals surface area contributed by atoms with E-state index in [1.165, 1.54) is 0 Å². The van der Waals surface area contributed by atoms with Gasteiger partial charge in [-0.25, -0.2) is 8.78 Å². The zero-order valence-electron chi connectivity index (χ0n) is 7.91. The Morgan fingerprint density at radius 3 is 2.69 bits per heavy atom. The number of aliphatic hydroxyl groups is 1. The molecule has 1 aromatic carbocycles. The highest BCUT2D eigenvalue weighted by molar-refractivity contribution is 9.10. The van der Waals surface area contributed by atoms with Crippen LogP contribution in [0.1, 0.15) is 0 Å². The Kier molecular flexibility index (Phi) is 5.24. The molecule has 0 aliphatic rings. The van der Waals surface area contributed by atoms with Crippen LogP contribution in [0.3, 0.4) is 0 Å². The Morgan fingerprint density at radius 2 is 2.12 bits per heavy atom. The summed E-state index contributed by atoms with van der Waals surface area (Å²) in [5.74, 6) is -1.46. The number of benzene rings is 1. The molecule has 0 heterocycles. The lowest BCUT2D eigenvalue weighted by molar-refractivity contribution is 0.211. The van der Waals surface area contributed by atoms with Gasteiger partial charge in [-0.1, -0.05) is 11.6 Å². The van der Waals surface area contributed by atoms with E-state index in [-0.39, 0.29) is 27.6 Å². The second-order valence-corrected chi connectivity index (χ2v) is 4.54. The molecule has 1 rings (SSSR count). The van der Waals surface area contributed by atoms with E-state index in [1.54, 1.807) is 0 Å². The molecular weight excluding hydrogens is 327 g/mol. The molecule has 0 fully saturated rings. The van der Waals surface area contributed by atoms with Gasteiger partial charge >= 0.3 is 0 Å². The van der Waals surface area contributed by atoms with Crippen LogP contribution in [0.2, 0.25) is 5.02 Å². The number of hydrogen-bond acceptors (Lipinski definition) is 2. The van der Waals surface area contributed by atoms with Crippen LogP contribution in [0.15, 0.2) is 10.5 Å². The predicted molar refractivity (Wildman–Crippen MR) is 64.3 cm³/mol. The van der Waals surface area contributed by atoms with E-state index < -0.39 is 17.7 Å². The lowest BCUT2D eigenvalue weighted by Crippen LogP contribution is -2.21. The average Bonchev–Trinajstić information content (AvgIpc) is 2.25. The molecular formula is C9H8BrCl2F2NO. The van der Waals surface area contributed by atoms with Crippen molar-refractivity contribution in [1.82, 2.24) is 0 Å². The van der Waals surface area contributed by atoms with Gasteiger partial charge in [-0.15, -0.1) is 11.6 Å². The second kappa shape index (κ2) is 6.00. The first-order valence-corrected chi connectivity index (χ1v) is 5.98. The summed E-state index contributed by atoms with van der Waals surface area (Å²) in [6.45, 7) is 0.0140. The highest BCUT2D eigenvalue weighted by Crippen LogP contribution is 2.33. The quantitative estimate of drug-likeness (QED) is 0.502. The molecule has 1 unspecified atom stereocenters. The Bertz CT molecular complexity index is 392. The van der Waals surface area contributed by atoms with Crippen molar-refractivity contribution in [3.05, 3.63) is 27.2 Å². The number of aliphatic hydroxyl groups excluding tert-OH is 1. The van der Waals surface area contributed by atoms with Gasteiger partial charge in [-0.05, 0) is 22.0 Å². The van der Waals surface area contributed by atoms with Crippen molar-refractivity contribution in [2.45, 2.75) is 6.10 Å². The number of rotatable bonds is 4. The zero-order valence-corrected chi connectivity index (χ0v) is 11.0. The van der Waals surface area contributed by atoms with Crippen molar-refractivity contribution in [2.24, 2.45) is 0 Å². The lowest BCUT2D eigenvalue weighted by atomic mass is 10.2. The molecule has 2 N–H and O–H groups in total. The fourth-order valence-corrected chi connectivity index (χ4v) is 1.96. The minimum Gasteiger partial charge on any atom is -0.390 e. The summed E-state index contributed by atoms with van der Waals surface area (Å²) in [5.41, 5.74) is -0.0916. The molecule has 0 radical (unpaired) electrons. The van der Waals surface area contributed by atoms with Crippen molar-refractivity contribution in [2.75, 3.05) is 17.7 Å². The second-order valence-electron chi connectivity index (χ2n) is 3.03. The standard InChI is InChI=1S/C9H8BrCl2F2NO/c10-7-8(14)5(12)1-6(13)9(7)15-3-4(16)2-11/h1,4,15-16H,2-3H2. The summed E-state index contributed by atoms with van der Waals surface area (Å²) in [6.07, 6.45) is -0.841. The molecule has 1 aromatic rings. The van der Waals surface area contributed by atoms with E-state index in [0.29, 0.717) is 0 Å². The third-order valence-electron chi connectivity index (χ3n) is 1.81. The Labute approximate surface area is 110 Å². The van der Waals surface area contributed by atoms with Gasteiger partial charge in [0.05, 0.1) is 27.2 Å². The maximum absolute atomic E-state index is 13.4. The number of halogens is 5. The summed E-state index contributed by atoms with van der Waals surface area (Å²) in [4.78, 5) is 0. The molecule has 0 aromatic heterocycles. The molecule has 0 amide bonds. The van der Waals surface area contributed by atoms with E-state index in [4.69, 9.17) is 23.2 Å². The largest absolute Gasteiger partial charge is 0.390 e. The van der Waals surface area contributed by atoms with E-state index in [1.807, 2.05) is 0 Å². The van der Waals surface area contributed by atoms with Crippen LogP contribution in [-0.2, 0) is 0 Å². The SMILES string of the molecule is OC(CCl)CNc1c(F)cc(Cl)c(F)c1Br. The molecule has 2 nitrogen and oxygen atoms in total. The number of alkyl halides is 1. The number of nitrogens with one attached hydrogen (secondary N) is 1. The van der Waals surface area contributed by atoms with Gasteiger partial charge in [0.1, 0.15) is 5.82 Å². The van der Waals surface area contributed by atoms with Crippen LogP contribution < -0.4 is 5.32 Å². The van der Waals surface area contributed by atoms with Gasteiger partial charge in [0.25, 0.3) is 0 Å². The molecule has 90 valence electrons. The first kappa shape index (κ1) is 14.0. The fraction of sp³-hybridized carbons (Fsp3) is 0.333. The van der Waals surface area contributed by atoms with Crippen LogP contribution in [-0.4, -0.2) is 23.6 Å². The van der Waals surface area contributed by atoms with E-state index >= 15 is 0 Å². The van der Waals surface area contributed by atoms with Crippen molar-refractivity contribution in [3.63, 3.8) is 0 Å². The smallest absolute Gasteiger partial charge is 0.158 e. The Balaban J connectivity index is 2.92. The predicted octanol–water partition coefficient (Wildman–Crippen LogP) is 3.39. The summed E-state index contributed by atoms with van der Waals surface area (Å²) >= 11 is 13.7. The van der Waals surface area contributed by atoms with Gasteiger partial charge < -0.3 is 10.4 Å². The van der Waals surface area contributed by atoms with Crippen molar-refractivity contribution in [3.8, 4) is 0 Å². The molecule has 0 saturated heterocycles. The first-order chi connectivity index (χ1) is 7.47. The minimum atomic E-state index is -0.841. The maximum Gasteiger partial charge on any atom is 0.158 e. The third kappa shape index (κ3) is 3.20. The molecule has 0 aliphatic heterocycles. The Hall–Kier alpha value is -0.100. The van der Waals surface area contributed by atoms with Gasteiger partial charge in [0.2, 0.25) is 0 Å². The summed E-state index contributed by atoms with van der Waals surface area (Å²) < 4.78 is 26.6. The van der Waals surface area contributed by atoms with Crippen molar-refractivity contribution >= 4 is 44.8 Å². The monoisotopic (exact) mass is 333 g/mol. The molecule has 16 heavy (non-hydrogen) atoms. The number of anilines is 1. The number of hydrogen-bond donors (Lipinski definition) is 2. The lowest BCUT2D eigenvalue weighted by Gasteiger charge is -2.13. The molecule has 0 aliphatic carbocycles. The van der Waals surface area contributed by atoms with Crippen LogP contribution >= 0.6 is 39.1 Å². The highest BCUT2D eigenvalue weighted by Gasteiger charge is 2.16. The van der Waals surface area contributed by atoms with Crippen molar-refractivity contribution < 1.29 is 13.9 Å². The normalized spacial score (nSPS) is 12.6. The van der Waals surface area contributed by atoms with Crippen LogP contribution in [0.5, 0.6) is 0 Å². The zero-order chi connectivity index (χ0) is 12.3. The van der Waals surface area contributed by atoms with Crippen molar-refractivity contribution in [1.29, 1.82) is 0 Å². The third-order valence-corrected chi connectivity index (χ3v) is 3.18. The molecule has 0 spiro atoms. The van der Waals surface area contributed by atoms with E-state index in [0.717, 1.165) is 6.07 Å². The fourth-order valence-electron chi connectivity index (χ4n) is 1.00. The van der Waals surface area contributed by atoms with Gasteiger partial charge in [-0.2, -0.15) is 0 Å². The average molecular weight is 335 g/mol. The summed E-state index contributed by atoms with van der Waals surface area (Å²) in [6, 6.07) is 0.858. The summed E-state index contributed by atoms with van der Waals surface area (Å²) in [7, 11) is 0. The van der Waals surface area contributed by atoms with Crippen LogP contribution in [0, 0.1) is 11.6 Å². The van der Waals surface area contributed by atoms with Crippen LogP contribution in [0.25, 0.3) is 0 Å². The minimum absolute atomic E-state index is 0.00229. The van der Waals surface area contributed by atoms with Gasteiger partial charge in [0.15, 0.2) is 5.82 Å². The maximum atomic E-state index is 13.4.